The van der Waals surface area contributed by atoms with Crippen LogP contribution < -0.4 is 4.72 Å². The van der Waals surface area contributed by atoms with Crippen molar-refractivity contribution in [2.75, 3.05) is 4.72 Å². The highest BCUT2D eigenvalue weighted by atomic mass is 32.2. The lowest BCUT2D eigenvalue weighted by Crippen LogP contribution is -2.16. The summed E-state index contributed by atoms with van der Waals surface area (Å²) in [6, 6.07) is 0. The van der Waals surface area contributed by atoms with Crippen LogP contribution >= 0.6 is 0 Å². The number of hydrogen-bond acceptors (Lipinski definition) is 4. The molecule has 2 rings (SSSR count). The van der Waals surface area contributed by atoms with Gasteiger partial charge in [-0.3, -0.25) is 9.40 Å². The third kappa shape index (κ3) is 2.51. The number of carboxylic acids is 1. The van der Waals surface area contributed by atoms with Gasteiger partial charge in [-0.05, 0) is 20.8 Å². The van der Waals surface area contributed by atoms with Crippen molar-refractivity contribution in [1.82, 2.24) is 14.8 Å². The van der Waals surface area contributed by atoms with Crippen LogP contribution in [0.4, 0.5) is 5.69 Å². The first-order valence-corrected chi connectivity index (χ1v) is 7.57. The molecule has 0 spiro atoms. The first-order valence-electron chi connectivity index (χ1n) is 6.09. The monoisotopic (exact) mass is 312 g/mol. The summed E-state index contributed by atoms with van der Waals surface area (Å²) in [6.45, 7) is 4.78. The molecule has 3 N–H and O–H groups in total. The number of aromatic amines is 1. The quantitative estimate of drug-likeness (QED) is 0.783. The van der Waals surface area contributed by atoms with Gasteiger partial charge in [0.05, 0.1) is 17.1 Å². The van der Waals surface area contributed by atoms with Gasteiger partial charge in [0.2, 0.25) is 0 Å². The number of aromatic carboxylic acids is 1. The summed E-state index contributed by atoms with van der Waals surface area (Å²) in [6.07, 6.45) is 1.32. The zero-order chi connectivity index (χ0) is 15.9. The van der Waals surface area contributed by atoms with Gasteiger partial charge in [0.1, 0.15) is 10.5 Å². The molecule has 0 amide bonds. The minimum atomic E-state index is -3.91. The molecule has 0 aromatic carbocycles. The molecular formula is C12H16N4O4S. The summed E-state index contributed by atoms with van der Waals surface area (Å²) in [7, 11) is -2.27. The Hall–Kier alpha value is -2.29. The van der Waals surface area contributed by atoms with Crippen LogP contribution in [0.2, 0.25) is 0 Å². The smallest absolute Gasteiger partial charge is 0.339 e. The van der Waals surface area contributed by atoms with Crippen molar-refractivity contribution in [1.29, 1.82) is 0 Å². The van der Waals surface area contributed by atoms with Crippen molar-refractivity contribution in [3.05, 3.63) is 28.8 Å². The molecule has 0 aliphatic rings. The lowest BCUT2D eigenvalue weighted by Gasteiger charge is -2.08. The average Bonchev–Trinajstić information content (AvgIpc) is 2.80. The first-order chi connectivity index (χ1) is 9.65. The highest BCUT2D eigenvalue weighted by Crippen LogP contribution is 2.25. The van der Waals surface area contributed by atoms with Gasteiger partial charge in [0.15, 0.2) is 0 Å². The fourth-order valence-corrected chi connectivity index (χ4v) is 3.73. The molecule has 9 heteroatoms. The number of aryl methyl sites for hydroxylation is 3. The van der Waals surface area contributed by atoms with E-state index in [2.05, 4.69) is 14.8 Å². The normalized spacial score (nSPS) is 11.6. The Morgan fingerprint density at radius 3 is 2.48 bits per heavy atom. The molecule has 114 valence electrons. The van der Waals surface area contributed by atoms with Crippen molar-refractivity contribution in [2.45, 2.75) is 25.7 Å². The minimum Gasteiger partial charge on any atom is -0.478 e. The van der Waals surface area contributed by atoms with E-state index in [1.807, 2.05) is 0 Å². The maximum atomic E-state index is 12.5. The summed E-state index contributed by atoms with van der Waals surface area (Å²) < 4.78 is 28.7. The molecular weight excluding hydrogens is 296 g/mol. The Bertz CT molecular complexity index is 817. The second kappa shape index (κ2) is 4.92. The molecule has 21 heavy (non-hydrogen) atoms. The second-order valence-electron chi connectivity index (χ2n) is 4.74. The van der Waals surface area contributed by atoms with Crippen molar-refractivity contribution < 1.29 is 18.3 Å². The van der Waals surface area contributed by atoms with Gasteiger partial charge in [-0.25, -0.2) is 13.2 Å². The maximum absolute atomic E-state index is 12.5. The molecule has 0 aliphatic heterocycles. The molecule has 2 aromatic heterocycles. The number of nitrogens with one attached hydrogen (secondary N) is 2. The van der Waals surface area contributed by atoms with E-state index in [1.165, 1.54) is 10.9 Å². The molecule has 0 atom stereocenters. The summed E-state index contributed by atoms with van der Waals surface area (Å²) in [4.78, 5) is 13.9. The number of H-pyrrole nitrogens is 1. The lowest BCUT2D eigenvalue weighted by atomic mass is 10.2. The van der Waals surface area contributed by atoms with E-state index in [1.54, 1.807) is 27.8 Å². The lowest BCUT2D eigenvalue weighted by molar-refractivity contribution is 0.0697. The topological polar surface area (TPSA) is 117 Å². The Morgan fingerprint density at radius 2 is 2.00 bits per heavy atom. The van der Waals surface area contributed by atoms with Gasteiger partial charge in [0, 0.05) is 18.9 Å². The number of anilines is 1. The van der Waals surface area contributed by atoms with Crippen LogP contribution in [0.25, 0.3) is 0 Å². The van der Waals surface area contributed by atoms with Crippen LogP contribution in [0.15, 0.2) is 11.1 Å². The van der Waals surface area contributed by atoms with Gasteiger partial charge in [-0.2, -0.15) is 5.10 Å². The molecule has 0 saturated heterocycles. The van der Waals surface area contributed by atoms with Crippen molar-refractivity contribution in [2.24, 2.45) is 7.05 Å². The molecule has 8 nitrogen and oxygen atoms in total. The molecule has 0 radical (unpaired) electrons. The van der Waals surface area contributed by atoms with E-state index in [9.17, 15) is 13.2 Å². The molecule has 0 unspecified atom stereocenters. The van der Waals surface area contributed by atoms with Crippen LogP contribution in [0.3, 0.4) is 0 Å². The Morgan fingerprint density at radius 1 is 1.38 bits per heavy atom. The van der Waals surface area contributed by atoms with E-state index < -0.39 is 16.0 Å². The second-order valence-corrected chi connectivity index (χ2v) is 6.36. The maximum Gasteiger partial charge on any atom is 0.339 e. The van der Waals surface area contributed by atoms with Crippen LogP contribution in [0.5, 0.6) is 0 Å². The molecule has 2 aromatic rings. The van der Waals surface area contributed by atoms with E-state index in [-0.39, 0.29) is 16.1 Å². The third-order valence-corrected chi connectivity index (χ3v) is 4.86. The van der Waals surface area contributed by atoms with Gasteiger partial charge >= 0.3 is 5.97 Å². The van der Waals surface area contributed by atoms with Gasteiger partial charge in [-0.15, -0.1) is 0 Å². The first kappa shape index (κ1) is 15.1. The van der Waals surface area contributed by atoms with E-state index in [4.69, 9.17) is 5.11 Å². The summed E-state index contributed by atoms with van der Waals surface area (Å²) in [5, 5.41) is 13.2. The van der Waals surface area contributed by atoms with E-state index in [0.717, 1.165) is 0 Å². The number of rotatable bonds is 4. The van der Waals surface area contributed by atoms with Crippen LogP contribution in [-0.4, -0.2) is 34.3 Å². The van der Waals surface area contributed by atoms with Gasteiger partial charge in [0.25, 0.3) is 10.0 Å². The predicted octanol–water partition coefficient (Wildman–Crippen LogP) is 1.17. The number of carbonyl (C=O) groups is 1. The number of hydrogen-bond donors (Lipinski definition) is 3. The summed E-state index contributed by atoms with van der Waals surface area (Å²) in [5.41, 5.74) is 1.11. The number of sulfonamides is 1. The van der Waals surface area contributed by atoms with Gasteiger partial charge < -0.3 is 10.1 Å². The zero-order valence-electron chi connectivity index (χ0n) is 12.1. The highest BCUT2D eigenvalue weighted by Gasteiger charge is 2.26. The van der Waals surface area contributed by atoms with Gasteiger partial charge in [-0.1, -0.05) is 0 Å². The van der Waals surface area contributed by atoms with E-state index >= 15 is 0 Å². The fraction of sp³-hybridized carbons (Fsp3) is 0.333. The largest absolute Gasteiger partial charge is 0.478 e. The molecule has 0 fully saturated rings. The van der Waals surface area contributed by atoms with Crippen molar-refractivity contribution >= 4 is 21.7 Å². The van der Waals surface area contributed by atoms with Crippen LogP contribution in [0, 0.1) is 20.8 Å². The zero-order valence-corrected chi connectivity index (χ0v) is 12.9. The third-order valence-electron chi connectivity index (χ3n) is 3.25. The number of carboxylic acid groups (broad SMARTS) is 1. The average molecular weight is 312 g/mol. The number of nitrogens with zero attached hydrogens (tertiary/aromatic N) is 2. The number of aromatic nitrogens is 3. The highest BCUT2D eigenvalue weighted by molar-refractivity contribution is 7.92. The Kier molecular flexibility index (Phi) is 3.54. The summed E-state index contributed by atoms with van der Waals surface area (Å²) in [5.74, 6) is -1.20. The molecule has 0 bridgehead atoms. The minimum absolute atomic E-state index is 0.00246. The molecule has 0 saturated carbocycles. The fourth-order valence-electron chi connectivity index (χ4n) is 2.22. The van der Waals surface area contributed by atoms with E-state index in [0.29, 0.717) is 17.1 Å². The van der Waals surface area contributed by atoms with Crippen LogP contribution in [0.1, 0.15) is 27.4 Å². The Balaban J connectivity index is 2.50. The summed E-state index contributed by atoms with van der Waals surface area (Å²) >= 11 is 0. The predicted molar refractivity (Wildman–Crippen MR) is 76.0 cm³/mol. The Labute approximate surface area is 121 Å². The SMILES string of the molecule is Cc1nn(C)c(C)c1S(=O)(=O)Nc1c[nH]c(C)c1C(=O)O. The van der Waals surface area contributed by atoms with Crippen molar-refractivity contribution in [3.8, 4) is 0 Å². The standard InChI is InChI=1S/C12H16N4O4S/c1-6-10(12(17)18)9(5-13-6)15-21(19,20)11-7(2)14-16(4)8(11)3/h5,13,15H,1-4H3,(H,17,18). The van der Waals surface area contributed by atoms with Crippen LogP contribution in [-0.2, 0) is 17.1 Å². The van der Waals surface area contributed by atoms with Crippen molar-refractivity contribution in [3.63, 3.8) is 0 Å². The molecule has 0 aliphatic carbocycles. The molecule has 2 heterocycles.